The number of fused-ring (bicyclic) bond motifs is 2. The molecule has 0 spiro atoms. The normalized spacial score (nSPS) is 13.4. The number of nitrogens with zero attached hydrogens (tertiary/aromatic N) is 4. The number of rotatable bonds is 8. The van der Waals surface area contributed by atoms with E-state index in [1.807, 2.05) is 0 Å². The number of imidazole rings is 1. The van der Waals surface area contributed by atoms with Gasteiger partial charge in [-0.2, -0.15) is 0 Å². The fourth-order valence-electron chi connectivity index (χ4n) is 3.80. The molecule has 0 aliphatic carbocycles. The monoisotopic (exact) mass is 496 g/mol. The molecule has 1 aliphatic heterocycles. The van der Waals surface area contributed by atoms with Gasteiger partial charge in [0.15, 0.2) is 5.16 Å². The SMILES string of the molecule is CC(C)(C)OC(=O)Cn1c(SCCCN2C(=O)c3ccccc3C2=O)nc2cc([N+](=O)[O-])ccc21. The van der Waals surface area contributed by atoms with E-state index >= 15 is 0 Å². The highest BCUT2D eigenvalue weighted by molar-refractivity contribution is 7.99. The first-order chi connectivity index (χ1) is 16.5. The molecule has 182 valence electrons. The second-order valence-corrected chi connectivity index (χ2v) is 10.1. The van der Waals surface area contributed by atoms with E-state index in [9.17, 15) is 24.5 Å². The highest BCUT2D eigenvalue weighted by Gasteiger charge is 2.34. The van der Waals surface area contributed by atoms with Gasteiger partial charge in [0, 0.05) is 24.4 Å². The Morgan fingerprint density at radius 2 is 1.77 bits per heavy atom. The molecular weight excluding hydrogens is 472 g/mol. The van der Waals surface area contributed by atoms with Gasteiger partial charge in [-0.25, -0.2) is 4.98 Å². The standard InChI is InChI=1S/C24H24N4O6S/c1-24(2,3)34-20(29)14-27-19-10-9-15(28(32)33)13-18(19)25-23(27)35-12-6-11-26-21(30)16-7-4-5-8-17(16)22(26)31/h4-5,7-10,13H,6,11-12,14H2,1-3H3. The number of aromatic nitrogens is 2. The average Bonchev–Trinajstić information content (AvgIpc) is 3.24. The maximum absolute atomic E-state index is 12.5. The summed E-state index contributed by atoms with van der Waals surface area (Å²) in [4.78, 5) is 54.0. The zero-order valence-corrected chi connectivity index (χ0v) is 20.3. The van der Waals surface area contributed by atoms with Gasteiger partial charge in [-0.1, -0.05) is 23.9 Å². The number of carbonyl (C=O) groups excluding carboxylic acids is 3. The molecule has 0 N–H and O–H groups in total. The van der Waals surface area contributed by atoms with Gasteiger partial charge in [0.25, 0.3) is 17.5 Å². The number of ether oxygens (including phenoxy) is 1. The number of esters is 1. The van der Waals surface area contributed by atoms with E-state index in [1.165, 1.54) is 28.8 Å². The van der Waals surface area contributed by atoms with Crippen molar-refractivity contribution in [3.8, 4) is 0 Å². The Bertz CT molecular complexity index is 1310. The first-order valence-electron chi connectivity index (χ1n) is 11.0. The average molecular weight is 497 g/mol. The van der Waals surface area contributed by atoms with Crippen LogP contribution in [0.4, 0.5) is 5.69 Å². The van der Waals surface area contributed by atoms with E-state index in [0.717, 1.165) is 0 Å². The van der Waals surface area contributed by atoms with Crippen LogP contribution in [0, 0.1) is 10.1 Å². The predicted molar refractivity (Wildman–Crippen MR) is 129 cm³/mol. The van der Waals surface area contributed by atoms with Crippen LogP contribution < -0.4 is 0 Å². The van der Waals surface area contributed by atoms with Gasteiger partial charge >= 0.3 is 5.97 Å². The van der Waals surface area contributed by atoms with Gasteiger partial charge in [-0.15, -0.1) is 0 Å². The Morgan fingerprint density at radius 1 is 1.11 bits per heavy atom. The molecule has 0 radical (unpaired) electrons. The molecule has 11 heteroatoms. The lowest BCUT2D eigenvalue weighted by Gasteiger charge is -2.20. The lowest BCUT2D eigenvalue weighted by Crippen LogP contribution is -2.31. The molecule has 0 unspecified atom stereocenters. The second kappa shape index (κ2) is 9.49. The topological polar surface area (TPSA) is 125 Å². The number of thioether (sulfide) groups is 1. The van der Waals surface area contributed by atoms with Crippen LogP contribution in [0.15, 0.2) is 47.6 Å². The fraction of sp³-hybridized carbons (Fsp3) is 0.333. The van der Waals surface area contributed by atoms with Crippen molar-refractivity contribution in [3.63, 3.8) is 0 Å². The first-order valence-corrected chi connectivity index (χ1v) is 12.0. The lowest BCUT2D eigenvalue weighted by molar-refractivity contribution is -0.384. The number of nitro benzene ring substituents is 1. The Balaban J connectivity index is 1.48. The molecule has 0 bridgehead atoms. The van der Waals surface area contributed by atoms with Crippen molar-refractivity contribution in [2.24, 2.45) is 0 Å². The number of imide groups is 1. The van der Waals surface area contributed by atoms with Crippen molar-refractivity contribution in [2.45, 2.75) is 44.5 Å². The third-order valence-corrected chi connectivity index (χ3v) is 6.31. The molecule has 10 nitrogen and oxygen atoms in total. The molecular formula is C24H24N4O6S. The number of nitro groups is 1. The zero-order valence-electron chi connectivity index (χ0n) is 19.5. The minimum atomic E-state index is -0.661. The number of non-ortho nitro benzene ring substituents is 1. The van der Waals surface area contributed by atoms with Crippen molar-refractivity contribution in [3.05, 3.63) is 63.7 Å². The maximum atomic E-state index is 12.5. The molecule has 1 aromatic heterocycles. The largest absolute Gasteiger partial charge is 0.459 e. The van der Waals surface area contributed by atoms with Crippen LogP contribution in [0.25, 0.3) is 11.0 Å². The van der Waals surface area contributed by atoms with Crippen LogP contribution in [0.5, 0.6) is 0 Å². The molecule has 0 saturated carbocycles. The van der Waals surface area contributed by atoms with E-state index in [0.29, 0.717) is 39.5 Å². The van der Waals surface area contributed by atoms with Crippen LogP contribution in [-0.2, 0) is 16.1 Å². The van der Waals surface area contributed by atoms with Crippen molar-refractivity contribution < 1.29 is 24.0 Å². The van der Waals surface area contributed by atoms with Crippen molar-refractivity contribution >= 4 is 46.3 Å². The zero-order chi connectivity index (χ0) is 25.3. The van der Waals surface area contributed by atoms with E-state index in [4.69, 9.17) is 4.74 Å². The fourth-order valence-corrected chi connectivity index (χ4v) is 4.74. The minimum absolute atomic E-state index is 0.0957. The predicted octanol–water partition coefficient (Wildman–Crippen LogP) is 4.06. The van der Waals surface area contributed by atoms with Gasteiger partial charge in [-0.3, -0.25) is 29.4 Å². The summed E-state index contributed by atoms with van der Waals surface area (Å²) in [5.74, 6) is -0.559. The quantitative estimate of drug-likeness (QED) is 0.114. The van der Waals surface area contributed by atoms with Crippen molar-refractivity contribution in [2.75, 3.05) is 12.3 Å². The van der Waals surface area contributed by atoms with Crippen LogP contribution in [0.2, 0.25) is 0 Å². The van der Waals surface area contributed by atoms with Gasteiger partial charge in [0.05, 0.1) is 27.1 Å². The van der Waals surface area contributed by atoms with Crippen LogP contribution in [0.1, 0.15) is 47.9 Å². The molecule has 0 atom stereocenters. The van der Waals surface area contributed by atoms with Gasteiger partial charge < -0.3 is 9.30 Å². The molecule has 0 saturated heterocycles. The molecule has 3 aromatic rings. The summed E-state index contributed by atoms with van der Waals surface area (Å²) in [5.41, 5.74) is 1.03. The summed E-state index contributed by atoms with van der Waals surface area (Å²) in [6.07, 6.45) is 0.506. The molecule has 2 amide bonds. The molecule has 2 heterocycles. The Labute approximate surface area is 205 Å². The molecule has 2 aromatic carbocycles. The number of hydrogen-bond acceptors (Lipinski definition) is 8. The smallest absolute Gasteiger partial charge is 0.326 e. The van der Waals surface area contributed by atoms with Gasteiger partial charge in [0.2, 0.25) is 0 Å². The highest BCUT2D eigenvalue weighted by atomic mass is 32.2. The summed E-state index contributed by atoms with van der Waals surface area (Å²) >= 11 is 1.34. The molecule has 0 fully saturated rings. The van der Waals surface area contributed by atoms with Gasteiger partial charge in [-0.05, 0) is 45.4 Å². The van der Waals surface area contributed by atoms with E-state index in [1.54, 1.807) is 55.7 Å². The van der Waals surface area contributed by atoms with E-state index in [2.05, 4.69) is 4.98 Å². The Hall–Kier alpha value is -3.73. The number of carbonyl (C=O) groups is 3. The van der Waals surface area contributed by atoms with Crippen LogP contribution in [-0.4, -0.2) is 55.1 Å². The van der Waals surface area contributed by atoms with E-state index in [-0.39, 0.29) is 30.6 Å². The van der Waals surface area contributed by atoms with Crippen LogP contribution >= 0.6 is 11.8 Å². The third-order valence-electron chi connectivity index (χ3n) is 5.25. The maximum Gasteiger partial charge on any atom is 0.326 e. The molecule has 4 rings (SSSR count). The lowest BCUT2D eigenvalue weighted by atomic mass is 10.1. The third kappa shape index (κ3) is 5.19. The summed E-state index contributed by atoms with van der Waals surface area (Å²) in [7, 11) is 0. The number of amides is 2. The molecule has 1 aliphatic rings. The summed E-state index contributed by atoms with van der Waals surface area (Å²) in [5, 5.41) is 11.7. The van der Waals surface area contributed by atoms with Gasteiger partial charge in [0.1, 0.15) is 12.1 Å². The van der Waals surface area contributed by atoms with E-state index < -0.39 is 16.5 Å². The summed E-state index contributed by atoms with van der Waals surface area (Å²) in [6, 6.07) is 11.0. The summed E-state index contributed by atoms with van der Waals surface area (Å²) in [6.45, 7) is 5.46. The Morgan fingerprint density at radius 3 is 2.37 bits per heavy atom. The van der Waals surface area contributed by atoms with Crippen LogP contribution in [0.3, 0.4) is 0 Å². The number of hydrogen-bond donors (Lipinski definition) is 0. The summed E-state index contributed by atoms with van der Waals surface area (Å²) < 4.78 is 7.10. The Kier molecular flexibility index (Phi) is 6.62. The molecule has 35 heavy (non-hydrogen) atoms. The second-order valence-electron chi connectivity index (χ2n) is 9.01. The minimum Gasteiger partial charge on any atom is -0.459 e. The number of benzene rings is 2. The van der Waals surface area contributed by atoms with Crippen molar-refractivity contribution in [1.82, 2.24) is 14.5 Å². The highest BCUT2D eigenvalue weighted by Crippen LogP contribution is 2.28. The van der Waals surface area contributed by atoms with Crippen molar-refractivity contribution in [1.29, 1.82) is 0 Å². The first kappa shape index (κ1) is 24.4.